The maximum Gasteiger partial charge on any atom is 0.326 e. The summed E-state index contributed by atoms with van der Waals surface area (Å²) in [4.78, 5) is 50.8. The van der Waals surface area contributed by atoms with Crippen molar-refractivity contribution >= 4 is 35.4 Å². The number of benzene rings is 3. The molecule has 0 saturated heterocycles. The van der Waals surface area contributed by atoms with E-state index in [2.05, 4.69) is 20.3 Å². The van der Waals surface area contributed by atoms with Crippen molar-refractivity contribution in [3.8, 4) is 0 Å². The van der Waals surface area contributed by atoms with Crippen molar-refractivity contribution in [1.82, 2.24) is 15.3 Å². The second-order valence-electron chi connectivity index (χ2n) is 8.57. The zero-order valence-corrected chi connectivity index (χ0v) is 20.1. The predicted molar refractivity (Wildman–Crippen MR) is 143 cm³/mol. The number of amidine groups is 1. The van der Waals surface area contributed by atoms with Crippen LogP contribution in [0, 0.1) is 0 Å². The van der Waals surface area contributed by atoms with Crippen LogP contribution in [0.15, 0.2) is 108 Å². The number of carbonyl (C=O) groups excluding carboxylic acids is 2. The van der Waals surface area contributed by atoms with Gasteiger partial charge in [-0.1, -0.05) is 60.7 Å². The average Bonchev–Trinajstić information content (AvgIpc) is 3.57. The van der Waals surface area contributed by atoms with Crippen LogP contribution in [0.5, 0.6) is 0 Å². The molecule has 0 fully saturated rings. The lowest BCUT2D eigenvalue weighted by atomic mass is 10.1. The first kappa shape index (κ1) is 24.4. The van der Waals surface area contributed by atoms with E-state index in [0.717, 1.165) is 11.1 Å². The lowest BCUT2D eigenvalue weighted by Crippen LogP contribution is -2.42. The van der Waals surface area contributed by atoms with Crippen LogP contribution in [-0.4, -0.2) is 44.7 Å². The Bertz CT molecular complexity index is 1510. The number of nitrogens with one attached hydrogen (secondary N) is 2. The molecule has 1 aliphatic heterocycles. The smallest absolute Gasteiger partial charge is 0.326 e. The van der Waals surface area contributed by atoms with E-state index in [-0.39, 0.29) is 17.9 Å². The Morgan fingerprint density at radius 3 is 2.29 bits per heavy atom. The number of aromatic amines is 1. The lowest BCUT2D eigenvalue weighted by Gasteiger charge is -2.19. The van der Waals surface area contributed by atoms with Gasteiger partial charge in [0, 0.05) is 29.4 Å². The number of hydrogen-bond donors (Lipinski definition) is 3. The van der Waals surface area contributed by atoms with Crippen molar-refractivity contribution in [3.63, 3.8) is 0 Å². The fourth-order valence-corrected chi connectivity index (χ4v) is 4.06. The highest BCUT2D eigenvalue weighted by Gasteiger charge is 2.32. The fraction of sp³-hybridized carbons (Fsp3) is 0.0690. The predicted octanol–water partition coefficient (Wildman–Crippen LogP) is 3.67. The van der Waals surface area contributed by atoms with E-state index in [9.17, 15) is 19.5 Å². The number of aliphatic carboxylic acids is 1. The van der Waals surface area contributed by atoms with Crippen LogP contribution in [0.2, 0.25) is 0 Å². The van der Waals surface area contributed by atoms with Gasteiger partial charge in [-0.3, -0.25) is 14.5 Å². The Hall–Kier alpha value is -5.31. The largest absolute Gasteiger partial charge is 0.480 e. The van der Waals surface area contributed by atoms with Gasteiger partial charge in [0.05, 0.1) is 12.0 Å². The first-order valence-electron chi connectivity index (χ1n) is 11.9. The molecule has 0 radical (unpaired) electrons. The van der Waals surface area contributed by atoms with E-state index in [1.54, 1.807) is 30.3 Å². The number of imidazole rings is 1. The minimum Gasteiger partial charge on any atom is -0.480 e. The third-order valence-corrected chi connectivity index (χ3v) is 5.97. The number of amides is 2. The summed E-state index contributed by atoms with van der Waals surface area (Å²) >= 11 is 0. The summed E-state index contributed by atoms with van der Waals surface area (Å²) in [5.41, 5.74) is 3.28. The number of aromatic nitrogens is 2. The molecule has 1 aliphatic rings. The molecule has 0 saturated carbocycles. The van der Waals surface area contributed by atoms with Gasteiger partial charge in [-0.25, -0.2) is 14.8 Å². The summed E-state index contributed by atoms with van der Waals surface area (Å²) in [5, 5.41) is 12.1. The van der Waals surface area contributed by atoms with E-state index in [4.69, 9.17) is 0 Å². The standard InChI is InChI=1S/C29H23N5O4/c35-27(33-25(29(37)38)16-22-17-30-18-31-22)21-11-13-23(14-12-21)34-26(20-9-5-2-6-10-20)32-24(28(34)36)15-19-7-3-1-4-8-19/h1-15,17-18,25H,16H2,(H,30,31)(H,33,35)(H,37,38)/b24-15-/t25-/m0/s1. The van der Waals surface area contributed by atoms with Crippen LogP contribution in [0.1, 0.15) is 27.2 Å². The van der Waals surface area contributed by atoms with Gasteiger partial charge in [0.15, 0.2) is 0 Å². The van der Waals surface area contributed by atoms with E-state index in [1.165, 1.54) is 17.4 Å². The molecule has 5 rings (SSSR count). The van der Waals surface area contributed by atoms with Crippen molar-refractivity contribution in [3.05, 3.63) is 126 Å². The van der Waals surface area contributed by atoms with Gasteiger partial charge >= 0.3 is 5.97 Å². The Morgan fingerprint density at radius 1 is 0.974 bits per heavy atom. The van der Waals surface area contributed by atoms with Gasteiger partial charge in [-0.2, -0.15) is 0 Å². The van der Waals surface area contributed by atoms with Crippen LogP contribution in [0.25, 0.3) is 6.08 Å². The van der Waals surface area contributed by atoms with Crippen molar-refractivity contribution in [2.45, 2.75) is 12.5 Å². The Labute approximate surface area is 218 Å². The molecular weight excluding hydrogens is 482 g/mol. The maximum absolute atomic E-state index is 13.5. The molecule has 3 aromatic carbocycles. The third kappa shape index (κ3) is 5.26. The van der Waals surface area contributed by atoms with Gasteiger partial charge in [-0.15, -0.1) is 0 Å². The molecule has 0 aliphatic carbocycles. The molecule has 0 bridgehead atoms. The second-order valence-corrected chi connectivity index (χ2v) is 8.57. The number of nitrogens with zero attached hydrogens (tertiary/aromatic N) is 3. The Kier molecular flexibility index (Phi) is 6.90. The quantitative estimate of drug-likeness (QED) is 0.315. The summed E-state index contributed by atoms with van der Waals surface area (Å²) in [6.07, 6.45) is 4.76. The maximum atomic E-state index is 13.5. The summed E-state index contributed by atoms with van der Waals surface area (Å²) in [7, 11) is 0. The van der Waals surface area contributed by atoms with Gasteiger partial charge in [0.2, 0.25) is 0 Å². The van der Waals surface area contributed by atoms with E-state index in [0.29, 0.717) is 22.9 Å². The molecule has 1 atom stereocenters. The minimum absolute atomic E-state index is 0.0643. The van der Waals surface area contributed by atoms with Gasteiger partial charge in [0.25, 0.3) is 11.8 Å². The lowest BCUT2D eigenvalue weighted by molar-refractivity contribution is -0.139. The normalized spacial score (nSPS) is 14.8. The van der Waals surface area contributed by atoms with Crippen LogP contribution in [-0.2, 0) is 16.0 Å². The third-order valence-electron chi connectivity index (χ3n) is 5.97. The highest BCUT2D eigenvalue weighted by molar-refractivity contribution is 6.33. The number of H-pyrrole nitrogens is 1. The topological polar surface area (TPSA) is 128 Å². The second kappa shape index (κ2) is 10.8. The molecular formula is C29H23N5O4. The number of hydrogen-bond acceptors (Lipinski definition) is 5. The molecule has 2 amide bonds. The SMILES string of the molecule is O=C(N[C@@H](Cc1cnc[nH]1)C(=O)O)c1ccc(N2C(=O)/C(=C/c3ccccc3)N=C2c2ccccc2)cc1. The van der Waals surface area contributed by atoms with E-state index in [1.807, 2.05) is 60.7 Å². The van der Waals surface area contributed by atoms with Gasteiger partial charge in [-0.05, 0) is 35.9 Å². The molecule has 9 heteroatoms. The number of carboxylic acid groups (broad SMARTS) is 1. The van der Waals surface area contributed by atoms with E-state index < -0.39 is 17.9 Å². The number of aliphatic imine (C=N–C) groups is 1. The summed E-state index contributed by atoms with van der Waals surface area (Å²) in [6, 6.07) is 24.1. The van der Waals surface area contributed by atoms with Gasteiger partial charge in [0.1, 0.15) is 17.6 Å². The highest BCUT2D eigenvalue weighted by Crippen LogP contribution is 2.28. The molecule has 1 aromatic heterocycles. The van der Waals surface area contributed by atoms with Crippen LogP contribution < -0.4 is 10.2 Å². The number of carbonyl (C=O) groups is 3. The van der Waals surface area contributed by atoms with Crippen LogP contribution in [0.3, 0.4) is 0 Å². The number of carboxylic acids is 1. The first-order valence-corrected chi connectivity index (χ1v) is 11.9. The molecule has 2 heterocycles. The number of rotatable bonds is 8. The van der Waals surface area contributed by atoms with Crippen LogP contribution >= 0.6 is 0 Å². The molecule has 188 valence electrons. The Balaban J connectivity index is 1.40. The van der Waals surface area contributed by atoms with Crippen molar-refractivity contribution in [2.24, 2.45) is 4.99 Å². The molecule has 0 unspecified atom stereocenters. The minimum atomic E-state index is -1.16. The molecule has 0 spiro atoms. The fourth-order valence-electron chi connectivity index (χ4n) is 4.06. The summed E-state index contributed by atoms with van der Waals surface area (Å²) < 4.78 is 0. The molecule has 4 aromatic rings. The zero-order valence-electron chi connectivity index (χ0n) is 20.1. The summed E-state index contributed by atoms with van der Waals surface area (Å²) in [6.45, 7) is 0. The number of anilines is 1. The van der Waals surface area contributed by atoms with Crippen molar-refractivity contribution in [2.75, 3.05) is 4.90 Å². The average molecular weight is 506 g/mol. The first-order chi connectivity index (χ1) is 18.5. The molecule has 38 heavy (non-hydrogen) atoms. The van der Waals surface area contributed by atoms with Crippen molar-refractivity contribution < 1.29 is 19.5 Å². The highest BCUT2D eigenvalue weighted by atomic mass is 16.4. The zero-order chi connectivity index (χ0) is 26.5. The molecule has 3 N–H and O–H groups in total. The summed E-state index contributed by atoms with van der Waals surface area (Å²) in [5.74, 6) is -1.53. The monoisotopic (exact) mass is 505 g/mol. The van der Waals surface area contributed by atoms with E-state index >= 15 is 0 Å². The van der Waals surface area contributed by atoms with Crippen molar-refractivity contribution in [1.29, 1.82) is 0 Å². The van der Waals surface area contributed by atoms with Crippen LogP contribution in [0.4, 0.5) is 5.69 Å². The molecule has 9 nitrogen and oxygen atoms in total. The Morgan fingerprint density at radius 2 is 1.66 bits per heavy atom. The van der Waals surface area contributed by atoms with Gasteiger partial charge < -0.3 is 15.4 Å².